The molecular formula is C25H25N3O. The SMILES string of the molecule is CN=C(N/C(=C(\C)N(C)C(=O)c1ccccc1)c1ccccc1)c1ccccc1. The zero-order valence-electron chi connectivity index (χ0n) is 17.0. The summed E-state index contributed by atoms with van der Waals surface area (Å²) in [4.78, 5) is 19.1. The van der Waals surface area contributed by atoms with Crippen LogP contribution >= 0.6 is 0 Å². The Kier molecular flexibility index (Phi) is 6.59. The second kappa shape index (κ2) is 9.51. The van der Waals surface area contributed by atoms with Crippen molar-refractivity contribution in [2.45, 2.75) is 6.92 Å². The number of hydrogen-bond donors (Lipinski definition) is 1. The van der Waals surface area contributed by atoms with Crippen molar-refractivity contribution in [1.82, 2.24) is 10.2 Å². The lowest BCUT2D eigenvalue weighted by Crippen LogP contribution is -2.31. The van der Waals surface area contributed by atoms with Gasteiger partial charge in [0.25, 0.3) is 5.91 Å². The fraction of sp³-hybridized carbons (Fsp3) is 0.120. The number of nitrogens with zero attached hydrogens (tertiary/aromatic N) is 2. The summed E-state index contributed by atoms with van der Waals surface area (Å²) in [6.45, 7) is 1.94. The van der Waals surface area contributed by atoms with Crippen molar-refractivity contribution >= 4 is 17.4 Å². The number of hydrogen-bond acceptors (Lipinski definition) is 2. The zero-order valence-corrected chi connectivity index (χ0v) is 17.0. The van der Waals surface area contributed by atoms with Gasteiger partial charge < -0.3 is 10.2 Å². The molecule has 0 bridgehead atoms. The van der Waals surface area contributed by atoms with E-state index in [9.17, 15) is 4.79 Å². The Labute approximate surface area is 172 Å². The van der Waals surface area contributed by atoms with Crippen LogP contribution in [0.4, 0.5) is 0 Å². The van der Waals surface area contributed by atoms with Gasteiger partial charge >= 0.3 is 0 Å². The maximum absolute atomic E-state index is 13.0. The van der Waals surface area contributed by atoms with Crippen molar-refractivity contribution in [3.63, 3.8) is 0 Å². The topological polar surface area (TPSA) is 44.7 Å². The van der Waals surface area contributed by atoms with E-state index in [0.29, 0.717) is 5.56 Å². The highest BCUT2D eigenvalue weighted by molar-refractivity contribution is 6.04. The molecule has 3 aromatic carbocycles. The third-order valence-electron chi connectivity index (χ3n) is 4.77. The highest BCUT2D eigenvalue weighted by Crippen LogP contribution is 2.20. The standard InChI is InChI=1S/C25H25N3O/c1-19(28(3)25(29)22-17-11-6-12-18-22)23(20-13-7-4-8-14-20)27-24(26-2)21-15-9-5-10-16-21/h4-18H,1-3H3,(H,26,27)/b23-19+. The number of rotatable bonds is 5. The summed E-state index contributed by atoms with van der Waals surface area (Å²) in [7, 11) is 3.55. The molecule has 0 aromatic heterocycles. The molecule has 0 unspecified atom stereocenters. The summed E-state index contributed by atoms with van der Waals surface area (Å²) in [6.07, 6.45) is 0. The first kappa shape index (κ1) is 20.1. The molecule has 1 N–H and O–H groups in total. The quantitative estimate of drug-likeness (QED) is 0.507. The molecule has 0 aliphatic carbocycles. The number of carbonyl (C=O) groups is 1. The second-order valence-corrected chi connectivity index (χ2v) is 6.62. The summed E-state index contributed by atoms with van der Waals surface area (Å²) < 4.78 is 0. The fourth-order valence-corrected chi connectivity index (χ4v) is 3.04. The van der Waals surface area contributed by atoms with Crippen LogP contribution in [-0.2, 0) is 0 Å². The average Bonchev–Trinajstić information content (AvgIpc) is 2.80. The van der Waals surface area contributed by atoms with Crippen LogP contribution in [0.1, 0.15) is 28.4 Å². The Bertz CT molecular complexity index is 1010. The van der Waals surface area contributed by atoms with Gasteiger partial charge in [-0.25, -0.2) is 0 Å². The average molecular weight is 383 g/mol. The molecule has 0 saturated carbocycles. The third kappa shape index (κ3) is 4.79. The van der Waals surface area contributed by atoms with E-state index < -0.39 is 0 Å². The fourth-order valence-electron chi connectivity index (χ4n) is 3.04. The number of allylic oxidation sites excluding steroid dienone is 1. The summed E-state index contributed by atoms with van der Waals surface area (Å²) in [5.41, 5.74) is 4.25. The van der Waals surface area contributed by atoms with Crippen LogP contribution in [0.5, 0.6) is 0 Å². The minimum Gasteiger partial charge on any atom is -0.338 e. The molecule has 0 atom stereocenters. The molecule has 0 aliphatic rings. The highest BCUT2D eigenvalue weighted by atomic mass is 16.2. The minimum absolute atomic E-state index is 0.0620. The summed E-state index contributed by atoms with van der Waals surface area (Å²) >= 11 is 0. The largest absolute Gasteiger partial charge is 0.338 e. The van der Waals surface area contributed by atoms with Gasteiger partial charge in [0.05, 0.1) is 5.70 Å². The maximum atomic E-state index is 13.0. The first-order chi connectivity index (χ1) is 14.1. The van der Waals surface area contributed by atoms with Crippen molar-refractivity contribution in [3.05, 3.63) is 113 Å². The van der Waals surface area contributed by atoms with Crippen LogP contribution in [0.2, 0.25) is 0 Å². The minimum atomic E-state index is -0.0620. The van der Waals surface area contributed by atoms with E-state index in [1.165, 1.54) is 0 Å². The number of nitrogens with one attached hydrogen (secondary N) is 1. The van der Waals surface area contributed by atoms with E-state index in [0.717, 1.165) is 28.4 Å². The molecule has 0 heterocycles. The lowest BCUT2D eigenvalue weighted by atomic mass is 10.1. The number of carbonyl (C=O) groups excluding carboxylic acids is 1. The van der Waals surface area contributed by atoms with Crippen LogP contribution < -0.4 is 5.32 Å². The van der Waals surface area contributed by atoms with E-state index in [4.69, 9.17) is 0 Å². The molecule has 0 saturated heterocycles. The number of amides is 1. The third-order valence-corrected chi connectivity index (χ3v) is 4.77. The molecule has 0 spiro atoms. The van der Waals surface area contributed by atoms with Gasteiger partial charge in [-0.3, -0.25) is 9.79 Å². The van der Waals surface area contributed by atoms with Crippen molar-refractivity contribution in [2.75, 3.05) is 14.1 Å². The lowest BCUT2D eigenvalue weighted by molar-refractivity contribution is 0.0837. The van der Waals surface area contributed by atoms with Gasteiger partial charge in [0, 0.05) is 30.9 Å². The molecule has 3 rings (SSSR count). The van der Waals surface area contributed by atoms with Crippen LogP contribution in [0.3, 0.4) is 0 Å². The van der Waals surface area contributed by atoms with Gasteiger partial charge in [0.15, 0.2) is 0 Å². The first-order valence-corrected chi connectivity index (χ1v) is 9.50. The molecule has 29 heavy (non-hydrogen) atoms. The molecule has 146 valence electrons. The van der Waals surface area contributed by atoms with Crippen LogP contribution in [-0.4, -0.2) is 30.7 Å². The van der Waals surface area contributed by atoms with Gasteiger partial charge in [0.2, 0.25) is 0 Å². The Hall–Kier alpha value is -3.66. The number of aliphatic imine (C=N–C) groups is 1. The second-order valence-electron chi connectivity index (χ2n) is 6.62. The molecule has 3 aromatic rings. The molecule has 0 radical (unpaired) electrons. The Morgan fingerprint density at radius 2 is 1.21 bits per heavy atom. The monoisotopic (exact) mass is 383 g/mol. The van der Waals surface area contributed by atoms with Crippen LogP contribution in [0.15, 0.2) is 102 Å². The van der Waals surface area contributed by atoms with E-state index in [1.807, 2.05) is 97.9 Å². The molecule has 1 amide bonds. The van der Waals surface area contributed by atoms with Gasteiger partial charge in [-0.15, -0.1) is 0 Å². The van der Waals surface area contributed by atoms with Crippen molar-refractivity contribution in [1.29, 1.82) is 0 Å². The van der Waals surface area contributed by atoms with Crippen molar-refractivity contribution in [2.24, 2.45) is 4.99 Å². The summed E-state index contributed by atoms with van der Waals surface area (Å²) in [6, 6.07) is 29.2. The Morgan fingerprint density at radius 3 is 1.69 bits per heavy atom. The number of amidine groups is 1. The van der Waals surface area contributed by atoms with Gasteiger partial charge in [-0.1, -0.05) is 78.9 Å². The number of benzene rings is 3. The van der Waals surface area contributed by atoms with Crippen LogP contribution in [0, 0.1) is 0 Å². The first-order valence-electron chi connectivity index (χ1n) is 9.50. The Morgan fingerprint density at radius 1 is 0.759 bits per heavy atom. The molecule has 0 fully saturated rings. The van der Waals surface area contributed by atoms with Crippen LogP contribution in [0.25, 0.3) is 5.70 Å². The highest BCUT2D eigenvalue weighted by Gasteiger charge is 2.18. The van der Waals surface area contributed by atoms with E-state index in [-0.39, 0.29) is 5.91 Å². The molecule has 4 heteroatoms. The zero-order chi connectivity index (χ0) is 20.6. The lowest BCUT2D eigenvalue weighted by Gasteiger charge is -2.24. The van der Waals surface area contributed by atoms with E-state index >= 15 is 0 Å². The molecule has 0 aliphatic heterocycles. The van der Waals surface area contributed by atoms with Gasteiger partial charge in [0.1, 0.15) is 5.84 Å². The predicted octanol–water partition coefficient (Wildman–Crippen LogP) is 4.81. The summed E-state index contributed by atoms with van der Waals surface area (Å²) in [5.74, 6) is 0.678. The maximum Gasteiger partial charge on any atom is 0.257 e. The predicted molar refractivity (Wildman–Crippen MR) is 120 cm³/mol. The van der Waals surface area contributed by atoms with E-state index in [1.54, 1.807) is 19.0 Å². The smallest absolute Gasteiger partial charge is 0.257 e. The normalized spacial score (nSPS) is 12.2. The molecular weight excluding hydrogens is 358 g/mol. The summed E-state index contributed by atoms with van der Waals surface area (Å²) in [5, 5.41) is 3.46. The van der Waals surface area contributed by atoms with Crippen molar-refractivity contribution in [3.8, 4) is 0 Å². The van der Waals surface area contributed by atoms with Gasteiger partial charge in [-0.2, -0.15) is 0 Å². The molecule has 4 nitrogen and oxygen atoms in total. The van der Waals surface area contributed by atoms with Crippen molar-refractivity contribution < 1.29 is 4.79 Å². The van der Waals surface area contributed by atoms with Gasteiger partial charge in [-0.05, 0) is 24.6 Å². The Balaban J connectivity index is 2.02. The van der Waals surface area contributed by atoms with E-state index in [2.05, 4.69) is 10.3 Å².